The number of aromatic nitrogens is 2. The Morgan fingerprint density at radius 2 is 1.41 bits per heavy atom. The fraction of sp³-hybridized carbons (Fsp3) is 0.0370. The van der Waals surface area contributed by atoms with Gasteiger partial charge in [-0.25, -0.2) is 27.5 Å². The van der Waals surface area contributed by atoms with Gasteiger partial charge in [0, 0.05) is 10.9 Å². The number of hydrogen-bond donors (Lipinski definition) is 0. The summed E-state index contributed by atoms with van der Waals surface area (Å²) in [6, 6.07) is 13.1. The van der Waals surface area contributed by atoms with Gasteiger partial charge in [0.25, 0.3) is 0 Å². The smallest absolute Gasteiger partial charge is 0.339 e. The largest absolute Gasteiger partial charge is 0.496 e. The standard InChI is InChI=1S/C27H13ClF6N2O4S/c1-39-17-10-15(12-5-3-2-4-6-12)19(28)20(29)18(17)26-14-8-7-13(9-16(14)35-11-36-26)41(37,38)40-27-24(33)22(31)21(30)23(32)25(27)34/h2-11H,1H3. The molecule has 0 radical (unpaired) electrons. The van der Waals surface area contributed by atoms with Gasteiger partial charge in [-0.3, -0.25) is 0 Å². The lowest BCUT2D eigenvalue weighted by molar-refractivity contribution is 0.346. The van der Waals surface area contributed by atoms with Crippen molar-refractivity contribution in [3.63, 3.8) is 0 Å². The van der Waals surface area contributed by atoms with Gasteiger partial charge in [0.15, 0.2) is 5.82 Å². The molecule has 4 aromatic carbocycles. The van der Waals surface area contributed by atoms with Gasteiger partial charge >= 0.3 is 10.1 Å². The molecule has 0 saturated carbocycles. The van der Waals surface area contributed by atoms with Crippen LogP contribution in [0.1, 0.15) is 0 Å². The predicted octanol–water partition coefficient (Wildman–Crippen LogP) is 7.23. The van der Waals surface area contributed by atoms with Gasteiger partial charge in [-0.15, -0.1) is 0 Å². The van der Waals surface area contributed by atoms with Crippen LogP contribution in [-0.4, -0.2) is 25.5 Å². The molecule has 0 aliphatic heterocycles. The molecule has 6 nitrogen and oxygen atoms in total. The number of hydrogen-bond acceptors (Lipinski definition) is 6. The average molecular weight is 611 g/mol. The maximum absolute atomic E-state index is 15.7. The van der Waals surface area contributed by atoms with Crippen molar-refractivity contribution in [3.8, 4) is 33.9 Å². The van der Waals surface area contributed by atoms with E-state index in [1.165, 1.54) is 13.2 Å². The summed E-state index contributed by atoms with van der Waals surface area (Å²) >= 11 is 6.37. The number of rotatable bonds is 6. The van der Waals surface area contributed by atoms with Crippen molar-refractivity contribution < 1.29 is 43.7 Å². The monoisotopic (exact) mass is 610 g/mol. The Balaban J connectivity index is 1.62. The summed E-state index contributed by atoms with van der Waals surface area (Å²) in [5.41, 5.74) is 0.620. The van der Waals surface area contributed by atoms with Crippen LogP contribution in [0.15, 0.2) is 65.8 Å². The zero-order valence-electron chi connectivity index (χ0n) is 20.4. The zero-order chi connectivity index (χ0) is 29.6. The minimum Gasteiger partial charge on any atom is -0.496 e. The minimum atomic E-state index is -5.15. The summed E-state index contributed by atoms with van der Waals surface area (Å²) in [6.07, 6.45) is 0.983. The second-order valence-corrected chi connectivity index (χ2v) is 10.3. The summed E-state index contributed by atoms with van der Waals surface area (Å²) in [5.74, 6) is -15.1. The SMILES string of the molecule is COc1cc(-c2ccccc2)c(Cl)c(F)c1-c1ncnc2cc(S(=O)(=O)Oc3c(F)c(F)c(F)c(F)c3F)ccc12. The first-order chi connectivity index (χ1) is 19.5. The summed E-state index contributed by atoms with van der Waals surface area (Å²) < 4.78 is 119. The maximum Gasteiger partial charge on any atom is 0.339 e. The molecule has 0 unspecified atom stereocenters. The first-order valence-corrected chi connectivity index (χ1v) is 13.1. The number of halogens is 7. The highest BCUT2D eigenvalue weighted by molar-refractivity contribution is 7.87. The van der Waals surface area contributed by atoms with E-state index in [9.17, 15) is 30.4 Å². The van der Waals surface area contributed by atoms with Gasteiger partial charge in [0.1, 0.15) is 17.0 Å². The number of benzene rings is 4. The average Bonchev–Trinajstić information content (AvgIpc) is 2.98. The number of nitrogens with zero attached hydrogens (tertiary/aromatic N) is 2. The molecule has 0 saturated heterocycles. The zero-order valence-corrected chi connectivity index (χ0v) is 21.9. The van der Waals surface area contributed by atoms with Crippen LogP contribution in [0.3, 0.4) is 0 Å². The quantitative estimate of drug-likeness (QED) is 0.0874. The van der Waals surface area contributed by atoms with Crippen molar-refractivity contribution in [3.05, 3.63) is 101 Å². The molecule has 41 heavy (non-hydrogen) atoms. The summed E-state index contributed by atoms with van der Waals surface area (Å²) in [6.45, 7) is 0. The Hall–Kier alpha value is -4.36. The lowest BCUT2D eigenvalue weighted by Gasteiger charge is -2.16. The van der Waals surface area contributed by atoms with E-state index in [2.05, 4.69) is 14.2 Å². The number of ether oxygens (including phenoxy) is 1. The van der Waals surface area contributed by atoms with Crippen LogP contribution >= 0.6 is 11.6 Å². The Morgan fingerprint density at radius 1 is 0.780 bits per heavy atom. The molecule has 1 aromatic heterocycles. The van der Waals surface area contributed by atoms with Gasteiger partial charge in [0.05, 0.1) is 28.9 Å². The van der Waals surface area contributed by atoms with Crippen molar-refractivity contribution in [2.45, 2.75) is 4.90 Å². The molecule has 5 rings (SSSR count). The molecule has 0 amide bonds. The first-order valence-electron chi connectivity index (χ1n) is 11.3. The highest BCUT2D eigenvalue weighted by atomic mass is 35.5. The van der Waals surface area contributed by atoms with Crippen LogP contribution in [0, 0.1) is 34.9 Å². The molecule has 14 heteroatoms. The van der Waals surface area contributed by atoms with Gasteiger partial charge in [-0.2, -0.15) is 17.2 Å². The van der Waals surface area contributed by atoms with E-state index in [0.717, 1.165) is 24.5 Å². The summed E-state index contributed by atoms with van der Waals surface area (Å²) in [7, 11) is -3.86. The second-order valence-electron chi connectivity index (χ2n) is 8.33. The molecule has 0 N–H and O–H groups in total. The van der Waals surface area contributed by atoms with E-state index in [4.69, 9.17) is 16.3 Å². The minimum absolute atomic E-state index is 0.0390. The van der Waals surface area contributed by atoms with Crippen molar-refractivity contribution in [1.82, 2.24) is 9.97 Å². The Morgan fingerprint density at radius 3 is 2.05 bits per heavy atom. The van der Waals surface area contributed by atoms with E-state index in [0.29, 0.717) is 11.1 Å². The number of methoxy groups -OCH3 is 1. The Kier molecular flexibility index (Phi) is 7.26. The Bertz CT molecular complexity index is 1930. The Labute approximate surface area is 232 Å². The molecule has 0 spiro atoms. The molecular weight excluding hydrogens is 598 g/mol. The van der Waals surface area contributed by atoms with Gasteiger partial charge in [-0.1, -0.05) is 41.9 Å². The lowest BCUT2D eigenvalue weighted by Crippen LogP contribution is -2.14. The normalized spacial score (nSPS) is 11.6. The van der Waals surface area contributed by atoms with Crippen molar-refractivity contribution >= 4 is 32.6 Å². The van der Waals surface area contributed by atoms with Crippen LogP contribution in [0.25, 0.3) is 33.3 Å². The van der Waals surface area contributed by atoms with Crippen LogP contribution in [-0.2, 0) is 10.1 Å². The van der Waals surface area contributed by atoms with Gasteiger partial charge < -0.3 is 8.92 Å². The fourth-order valence-electron chi connectivity index (χ4n) is 4.02. The maximum atomic E-state index is 15.7. The van der Waals surface area contributed by atoms with Crippen LogP contribution < -0.4 is 8.92 Å². The van der Waals surface area contributed by atoms with E-state index in [1.807, 2.05) is 0 Å². The molecule has 210 valence electrons. The summed E-state index contributed by atoms with van der Waals surface area (Å²) in [5, 5.41) is -0.141. The van der Waals surface area contributed by atoms with E-state index >= 15 is 4.39 Å². The van der Waals surface area contributed by atoms with Gasteiger partial charge in [0.2, 0.25) is 34.8 Å². The molecule has 1 heterocycles. The van der Waals surface area contributed by atoms with Crippen molar-refractivity contribution in [1.29, 1.82) is 0 Å². The van der Waals surface area contributed by atoms with E-state index < -0.39 is 55.7 Å². The first kappa shape index (κ1) is 28.2. The lowest BCUT2D eigenvalue weighted by atomic mass is 9.99. The van der Waals surface area contributed by atoms with Crippen LogP contribution in [0.4, 0.5) is 26.3 Å². The second kappa shape index (κ2) is 10.6. The van der Waals surface area contributed by atoms with Crippen LogP contribution in [0.5, 0.6) is 11.5 Å². The molecule has 0 fully saturated rings. The van der Waals surface area contributed by atoms with Crippen molar-refractivity contribution in [2.24, 2.45) is 0 Å². The highest BCUT2D eigenvalue weighted by Crippen LogP contribution is 2.43. The molecule has 0 aliphatic rings. The molecule has 5 aromatic rings. The predicted molar refractivity (Wildman–Crippen MR) is 136 cm³/mol. The molecular formula is C27H13ClF6N2O4S. The topological polar surface area (TPSA) is 78.4 Å². The number of fused-ring (bicyclic) bond motifs is 1. The summed E-state index contributed by atoms with van der Waals surface area (Å²) in [4.78, 5) is 7.30. The third-order valence-corrected chi connectivity index (χ3v) is 7.56. The fourth-order valence-corrected chi connectivity index (χ4v) is 5.23. The van der Waals surface area contributed by atoms with E-state index in [-0.39, 0.29) is 32.9 Å². The molecule has 0 aliphatic carbocycles. The third kappa shape index (κ3) is 4.80. The van der Waals surface area contributed by atoms with E-state index in [1.54, 1.807) is 30.3 Å². The van der Waals surface area contributed by atoms with Crippen LogP contribution in [0.2, 0.25) is 5.02 Å². The van der Waals surface area contributed by atoms with Crippen molar-refractivity contribution in [2.75, 3.05) is 7.11 Å². The highest BCUT2D eigenvalue weighted by Gasteiger charge is 2.31. The van der Waals surface area contributed by atoms with Gasteiger partial charge in [-0.05, 0) is 29.8 Å². The molecule has 0 bridgehead atoms. The molecule has 0 atom stereocenters. The third-order valence-electron chi connectivity index (χ3n) is 5.97.